The third-order valence-corrected chi connectivity index (χ3v) is 6.56. The topological polar surface area (TPSA) is 92.3 Å². The molecule has 1 fully saturated rings. The van der Waals surface area contributed by atoms with Crippen molar-refractivity contribution in [2.24, 2.45) is 0 Å². The second-order valence-electron chi connectivity index (χ2n) is 6.70. The zero-order valence-corrected chi connectivity index (χ0v) is 15.1. The molecule has 0 bridgehead atoms. The summed E-state index contributed by atoms with van der Waals surface area (Å²) in [5.41, 5.74) is 2.56. The van der Waals surface area contributed by atoms with E-state index in [1.807, 2.05) is 23.1 Å². The number of fused-ring (bicyclic) bond motifs is 1. The molecule has 1 amide bonds. The minimum atomic E-state index is -3.04. The first kappa shape index (κ1) is 17.0. The largest absolute Gasteiger partial charge is 0.347 e. The lowest BCUT2D eigenvalue weighted by molar-refractivity contribution is 0.0936. The maximum Gasteiger partial charge on any atom is 0.270 e. The van der Waals surface area contributed by atoms with Crippen LogP contribution in [0.3, 0.4) is 0 Å². The lowest BCUT2D eigenvalue weighted by atomic mass is 10.0. The molecule has 1 atom stereocenters. The molecule has 0 spiro atoms. The third kappa shape index (κ3) is 3.41. The van der Waals surface area contributed by atoms with Crippen molar-refractivity contribution in [3.05, 3.63) is 47.8 Å². The molecule has 0 aliphatic carbocycles. The SMILES string of the molecule is O=C(NC1CCS(=O)(=O)C1)c1ccnc(N2CCCc3ccccc32)n1. The second-order valence-corrected chi connectivity index (χ2v) is 8.93. The highest BCUT2D eigenvalue weighted by Crippen LogP contribution is 2.31. The van der Waals surface area contributed by atoms with Crippen LogP contribution in [0, 0.1) is 0 Å². The zero-order chi connectivity index (χ0) is 18.1. The number of nitrogens with zero attached hydrogens (tertiary/aromatic N) is 3. The van der Waals surface area contributed by atoms with Crippen LogP contribution in [0.15, 0.2) is 36.5 Å². The van der Waals surface area contributed by atoms with Crippen LogP contribution in [0.5, 0.6) is 0 Å². The molecule has 1 aromatic heterocycles. The number of rotatable bonds is 3. The van der Waals surface area contributed by atoms with Gasteiger partial charge >= 0.3 is 0 Å². The van der Waals surface area contributed by atoms with Crippen LogP contribution in [0.2, 0.25) is 0 Å². The standard InChI is InChI=1S/C18H20N4O3S/c23-17(20-14-8-11-26(24,25)12-14)15-7-9-19-18(21-15)22-10-3-5-13-4-1-2-6-16(13)22/h1-2,4,6-7,9,14H,3,5,8,10-12H2,(H,20,23). The first-order valence-electron chi connectivity index (χ1n) is 8.72. The molecule has 26 heavy (non-hydrogen) atoms. The van der Waals surface area contributed by atoms with Crippen molar-refractivity contribution in [3.8, 4) is 0 Å². The predicted molar refractivity (Wildman–Crippen MR) is 98.3 cm³/mol. The van der Waals surface area contributed by atoms with E-state index in [0.717, 1.165) is 25.1 Å². The number of carbonyl (C=O) groups excluding carboxylic acids is 1. The van der Waals surface area contributed by atoms with E-state index in [0.29, 0.717) is 12.4 Å². The van der Waals surface area contributed by atoms with E-state index in [9.17, 15) is 13.2 Å². The van der Waals surface area contributed by atoms with Crippen molar-refractivity contribution < 1.29 is 13.2 Å². The Morgan fingerprint density at radius 3 is 2.88 bits per heavy atom. The van der Waals surface area contributed by atoms with Gasteiger partial charge in [-0.3, -0.25) is 4.79 Å². The van der Waals surface area contributed by atoms with E-state index >= 15 is 0 Å². The number of benzene rings is 1. The monoisotopic (exact) mass is 372 g/mol. The molecule has 2 aliphatic rings. The van der Waals surface area contributed by atoms with Gasteiger partial charge in [0.1, 0.15) is 5.69 Å². The van der Waals surface area contributed by atoms with Gasteiger partial charge in [-0.15, -0.1) is 0 Å². The fraction of sp³-hybridized carbons (Fsp3) is 0.389. The van der Waals surface area contributed by atoms with Crippen LogP contribution in [-0.2, 0) is 16.3 Å². The Labute approximate surface area is 152 Å². The summed E-state index contributed by atoms with van der Waals surface area (Å²) >= 11 is 0. The fourth-order valence-electron chi connectivity index (χ4n) is 3.51. The summed E-state index contributed by atoms with van der Waals surface area (Å²) < 4.78 is 23.1. The van der Waals surface area contributed by atoms with Gasteiger partial charge in [-0.2, -0.15) is 0 Å². The Morgan fingerprint density at radius 1 is 1.23 bits per heavy atom. The van der Waals surface area contributed by atoms with Crippen LogP contribution in [0.4, 0.5) is 11.6 Å². The quantitative estimate of drug-likeness (QED) is 0.877. The molecule has 1 unspecified atom stereocenters. The Bertz CT molecular complexity index is 945. The van der Waals surface area contributed by atoms with Crippen molar-refractivity contribution in [1.82, 2.24) is 15.3 Å². The number of anilines is 2. The Kier molecular flexibility index (Phi) is 4.36. The van der Waals surface area contributed by atoms with E-state index in [1.165, 1.54) is 5.56 Å². The van der Waals surface area contributed by atoms with Crippen LogP contribution in [0.25, 0.3) is 0 Å². The molecule has 4 rings (SSSR count). The summed E-state index contributed by atoms with van der Waals surface area (Å²) in [7, 11) is -3.04. The Balaban J connectivity index is 1.55. The lowest BCUT2D eigenvalue weighted by Crippen LogP contribution is -2.36. The number of carbonyl (C=O) groups is 1. The number of hydrogen-bond donors (Lipinski definition) is 1. The molecule has 1 aromatic carbocycles. The summed E-state index contributed by atoms with van der Waals surface area (Å²) in [5.74, 6) is 0.248. The summed E-state index contributed by atoms with van der Waals surface area (Å²) in [5, 5.41) is 2.77. The summed E-state index contributed by atoms with van der Waals surface area (Å²) in [6.45, 7) is 0.795. The van der Waals surface area contributed by atoms with Gasteiger partial charge in [0, 0.05) is 24.5 Å². The maximum absolute atomic E-state index is 12.5. The maximum atomic E-state index is 12.5. The zero-order valence-electron chi connectivity index (χ0n) is 14.3. The van der Waals surface area contributed by atoms with E-state index in [-0.39, 0.29) is 29.1 Å². The first-order valence-corrected chi connectivity index (χ1v) is 10.5. The molecule has 8 heteroatoms. The third-order valence-electron chi connectivity index (χ3n) is 4.79. The van der Waals surface area contributed by atoms with Crippen molar-refractivity contribution in [1.29, 1.82) is 0 Å². The van der Waals surface area contributed by atoms with Gasteiger partial charge in [0.15, 0.2) is 9.84 Å². The minimum absolute atomic E-state index is 0.00379. The van der Waals surface area contributed by atoms with Crippen LogP contribution < -0.4 is 10.2 Å². The van der Waals surface area contributed by atoms with Crippen LogP contribution in [0.1, 0.15) is 28.9 Å². The van der Waals surface area contributed by atoms with Gasteiger partial charge in [-0.25, -0.2) is 18.4 Å². The molecule has 0 saturated carbocycles. The number of aromatic nitrogens is 2. The highest BCUT2D eigenvalue weighted by molar-refractivity contribution is 7.91. The molecule has 1 N–H and O–H groups in total. The van der Waals surface area contributed by atoms with Gasteiger partial charge in [0.25, 0.3) is 5.91 Å². The number of aryl methyl sites for hydroxylation is 1. The van der Waals surface area contributed by atoms with Crippen molar-refractivity contribution in [2.45, 2.75) is 25.3 Å². The average Bonchev–Trinajstić information content (AvgIpc) is 2.99. The molecular formula is C18H20N4O3S. The van der Waals surface area contributed by atoms with E-state index in [1.54, 1.807) is 12.3 Å². The van der Waals surface area contributed by atoms with Crippen LogP contribution >= 0.6 is 0 Å². The van der Waals surface area contributed by atoms with Gasteiger partial charge in [-0.1, -0.05) is 18.2 Å². The van der Waals surface area contributed by atoms with Gasteiger partial charge in [-0.05, 0) is 37.0 Å². The highest BCUT2D eigenvalue weighted by Gasteiger charge is 2.29. The first-order chi connectivity index (χ1) is 12.5. The molecule has 2 aliphatic heterocycles. The molecular weight excluding hydrogens is 352 g/mol. The Morgan fingerprint density at radius 2 is 2.08 bits per heavy atom. The van der Waals surface area contributed by atoms with E-state index in [4.69, 9.17) is 0 Å². The van der Waals surface area contributed by atoms with Gasteiger partial charge in [0.2, 0.25) is 5.95 Å². The summed E-state index contributed by atoms with van der Waals surface area (Å²) in [4.78, 5) is 23.3. The molecule has 2 aromatic rings. The Hall–Kier alpha value is -2.48. The van der Waals surface area contributed by atoms with Crippen molar-refractivity contribution >= 4 is 27.4 Å². The van der Waals surface area contributed by atoms with Crippen LogP contribution in [-0.4, -0.2) is 48.4 Å². The number of para-hydroxylation sites is 1. The molecule has 3 heterocycles. The molecule has 1 saturated heterocycles. The van der Waals surface area contributed by atoms with Crippen molar-refractivity contribution in [3.63, 3.8) is 0 Å². The summed E-state index contributed by atoms with van der Waals surface area (Å²) in [6, 6.07) is 9.34. The van der Waals surface area contributed by atoms with Crippen molar-refractivity contribution in [2.75, 3.05) is 23.0 Å². The average molecular weight is 372 g/mol. The fourth-order valence-corrected chi connectivity index (χ4v) is 5.19. The smallest absolute Gasteiger partial charge is 0.270 e. The van der Waals surface area contributed by atoms with E-state index in [2.05, 4.69) is 21.4 Å². The summed E-state index contributed by atoms with van der Waals surface area (Å²) in [6.07, 6.45) is 4.03. The predicted octanol–water partition coefficient (Wildman–Crippen LogP) is 1.48. The van der Waals surface area contributed by atoms with Gasteiger partial charge < -0.3 is 10.2 Å². The normalized spacial score (nSPS) is 21.2. The lowest BCUT2D eigenvalue weighted by Gasteiger charge is -2.29. The molecule has 0 radical (unpaired) electrons. The number of nitrogens with one attached hydrogen (secondary N) is 1. The van der Waals surface area contributed by atoms with Gasteiger partial charge in [0.05, 0.1) is 11.5 Å². The number of sulfone groups is 1. The highest BCUT2D eigenvalue weighted by atomic mass is 32.2. The number of hydrogen-bond acceptors (Lipinski definition) is 6. The van der Waals surface area contributed by atoms with E-state index < -0.39 is 9.84 Å². The second kappa shape index (κ2) is 6.68. The minimum Gasteiger partial charge on any atom is -0.347 e. The molecule has 136 valence electrons. The number of amides is 1. The molecule has 7 nitrogen and oxygen atoms in total.